The number of aliphatic carboxylic acids is 1. The van der Waals surface area contributed by atoms with Crippen molar-refractivity contribution in [3.63, 3.8) is 0 Å². The average Bonchev–Trinajstić information content (AvgIpc) is 3.05. The predicted octanol–water partition coefficient (Wildman–Crippen LogP) is 2.11. The summed E-state index contributed by atoms with van der Waals surface area (Å²) in [5.41, 5.74) is 0.571. The Kier molecular flexibility index (Phi) is 5.83. The van der Waals surface area contributed by atoms with Crippen LogP contribution in [0.25, 0.3) is 0 Å². The first-order chi connectivity index (χ1) is 12.2. The van der Waals surface area contributed by atoms with Crippen LogP contribution in [0.5, 0.6) is 11.5 Å². The van der Waals surface area contributed by atoms with Crippen LogP contribution in [0, 0.1) is 11.8 Å². The van der Waals surface area contributed by atoms with Crippen LogP contribution < -0.4 is 14.8 Å². The Balaban J connectivity index is 2.06. The van der Waals surface area contributed by atoms with Gasteiger partial charge in [0.2, 0.25) is 0 Å². The molecule has 7 nitrogen and oxygen atoms in total. The lowest BCUT2D eigenvalue weighted by atomic mass is 9.96. The van der Waals surface area contributed by atoms with E-state index >= 15 is 0 Å². The number of urea groups is 1. The summed E-state index contributed by atoms with van der Waals surface area (Å²) in [5.74, 6) is -4.49. The number of carboxylic acids is 1. The zero-order valence-corrected chi connectivity index (χ0v) is 14.2. The van der Waals surface area contributed by atoms with Gasteiger partial charge in [0.05, 0.1) is 26.1 Å². The highest BCUT2D eigenvalue weighted by molar-refractivity contribution is 5.78. The number of carbonyl (C=O) groups is 2. The third-order valence-electron chi connectivity index (χ3n) is 4.26. The first kappa shape index (κ1) is 19.7. The standard InChI is InChI=1S/C16H19F3N2O5/c1-25-12-5-3-4-9(13(12)26-2)6-20-15(24)21-7-10(14(22)23)11(8-21)16(17,18)19/h3-5,10-11H,6-8H2,1-2H3,(H,20,24)(H,22,23)/t10-,11-/m1/s1. The number of hydrogen-bond donors (Lipinski definition) is 2. The van der Waals surface area contributed by atoms with Crippen LogP contribution in [0.3, 0.4) is 0 Å². The summed E-state index contributed by atoms with van der Waals surface area (Å²) in [6.07, 6.45) is -4.69. The molecule has 0 spiro atoms. The highest BCUT2D eigenvalue weighted by atomic mass is 19.4. The third-order valence-corrected chi connectivity index (χ3v) is 4.26. The Labute approximate surface area is 147 Å². The number of nitrogens with one attached hydrogen (secondary N) is 1. The molecule has 0 unspecified atom stereocenters. The Hall–Kier alpha value is -2.65. The fourth-order valence-corrected chi connectivity index (χ4v) is 2.93. The van der Waals surface area contributed by atoms with Gasteiger partial charge < -0.3 is 24.8 Å². The van der Waals surface area contributed by atoms with Crippen LogP contribution in [0.1, 0.15) is 5.56 Å². The molecule has 26 heavy (non-hydrogen) atoms. The molecule has 0 aliphatic carbocycles. The second-order valence-electron chi connectivity index (χ2n) is 5.81. The minimum Gasteiger partial charge on any atom is -0.493 e. The number of likely N-dealkylation sites (tertiary alicyclic amines) is 1. The van der Waals surface area contributed by atoms with E-state index in [4.69, 9.17) is 14.6 Å². The van der Waals surface area contributed by atoms with Crippen LogP contribution in [0.2, 0.25) is 0 Å². The summed E-state index contributed by atoms with van der Waals surface area (Å²) in [6, 6.07) is 4.24. The Morgan fingerprint density at radius 1 is 1.27 bits per heavy atom. The molecule has 0 saturated carbocycles. The van der Waals surface area contributed by atoms with E-state index in [1.165, 1.54) is 14.2 Å². The van der Waals surface area contributed by atoms with E-state index in [0.29, 0.717) is 17.1 Å². The van der Waals surface area contributed by atoms with Crippen molar-refractivity contribution in [1.29, 1.82) is 0 Å². The largest absolute Gasteiger partial charge is 0.493 e. The number of nitrogens with zero attached hydrogens (tertiary/aromatic N) is 1. The monoisotopic (exact) mass is 376 g/mol. The molecule has 1 aliphatic rings. The molecule has 0 aromatic heterocycles. The molecule has 2 atom stereocenters. The third kappa shape index (κ3) is 4.12. The van der Waals surface area contributed by atoms with Gasteiger partial charge in [-0.15, -0.1) is 0 Å². The van der Waals surface area contributed by atoms with E-state index in [1.807, 2.05) is 0 Å². The summed E-state index contributed by atoms with van der Waals surface area (Å²) in [4.78, 5) is 24.1. The normalized spacial score (nSPS) is 20.0. The van der Waals surface area contributed by atoms with Gasteiger partial charge in [0, 0.05) is 25.2 Å². The maximum atomic E-state index is 13.0. The summed E-state index contributed by atoms with van der Waals surface area (Å²) in [6.45, 7) is -1.20. The molecule has 2 amide bonds. The Morgan fingerprint density at radius 2 is 1.96 bits per heavy atom. The first-order valence-electron chi connectivity index (χ1n) is 7.71. The van der Waals surface area contributed by atoms with Crippen molar-refractivity contribution in [2.75, 3.05) is 27.3 Å². The van der Waals surface area contributed by atoms with E-state index in [1.54, 1.807) is 18.2 Å². The number of benzene rings is 1. The molecular formula is C16H19F3N2O5. The van der Waals surface area contributed by atoms with Gasteiger partial charge in [-0.1, -0.05) is 12.1 Å². The van der Waals surface area contributed by atoms with Gasteiger partial charge in [0.15, 0.2) is 11.5 Å². The van der Waals surface area contributed by atoms with Gasteiger partial charge >= 0.3 is 18.2 Å². The zero-order chi connectivity index (χ0) is 19.5. The van der Waals surface area contributed by atoms with Gasteiger partial charge in [0.25, 0.3) is 0 Å². The van der Waals surface area contributed by atoms with Crippen LogP contribution >= 0.6 is 0 Å². The summed E-state index contributed by atoms with van der Waals surface area (Å²) >= 11 is 0. The smallest absolute Gasteiger partial charge is 0.394 e. The number of ether oxygens (including phenoxy) is 2. The van der Waals surface area contributed by atoms with E-state index in [-0.39, 0.29) is 6.54 Å². The highest BCUT2D eigenvalue weighted by Crippen LogP contribution is 2.37. The number of carbonyl (C=O) groups excluding carboxylic acids is 1. The van der Waals surface area contributed by atoms with E-state index in [2.05, 4.69) is 5.32 Å². The van der Waals surface area contributed by atoms with Crippen LogP contribution in [-0.4, -0.2) is 55.5 Å². The van der Waals surface area contributed by atoms with Crippen molar-refractivity contribution in [2.45, 2.75) is 12.7 Å². The predicted molar refractivity (Wildman–Crippen MR) is 84.0 cm³/mol. The lowest BCUT2D eigenvalue weighted by Gasteiger charge is -2.19. The molecule has 1 aromatic carbocycles. The maximum absolute atomic E-state index is 13.0. The number of para-hydroxylation sites is 1. The minimum absolute atomic E-state index is 0.00979. The zero-order valence-electron chi connectivity index (χ0n) is 14.2. The number of carboxylic acid groups (broad SMARTS) is 1. The first-order valence-corrected chi connectivity index (χ1v) is 7.71. The fraction of sp³-hybridized carbons (Fsp3) is 0.500. The summed E-state index contributed by atoms with van der Waals surface area (Å²) in [5, 5.41) is 11.5. The van der Waals surface area contributed by atoms with Gasteiger partial charge in [-0.2, -0.15) is 13.2 Å². The SMILES string of the molecule is COc1cccc(CNC(=O)N2C[C@@H](C(F)(F)F)[C@H](C(=O)O)C2)c1OC. The number of halogens is 3. The molecule has 10 heteroatoms. The quantitative estimate of drug-likeness (QED) is 0.822. The lowest BCUT2D eigenvalue weighted by molar-refractivity contribution is -0.187. The molecule has 1 heterocycles. The molecular weight excluding hydrogens is 357 g/mol. The van der Waals surface area contributed by atoms with Crippen molar-refractivity contribution in [2.24, 2.45) is 11.8 Å². The van der Waals surface area contributed by atoms with Gasteiger partial charge in [0.1, 0.15) is 0 Å². The number of methoxy groups -OCH3 is 2. The molecule has 1 saturated heterocycles. The summed E-state index contributed by atoms with van der Waals surface area (Å²) in [7, 11) is 2.88. The number of alkyl halides is 3. The van der Waals surface area contributed by atoms with Gasteiger partial charge in [-0.05, 0) is 6.07 Å². The second-order valence-corrected chi connectivity index (χ2v) is 5.81. The fourth-order valence-electron chi connectivity index (χ4n) is 2.93. The van der Waals surface area contributed by atoms with Crippen molar-refractivity contribution in [3.8, 4) is 11.5 Å². The summed E-state index contributed by atoms with van der Waals surface area (Å²) < 4.78 is 49.3. The highest BCUT2D eigenvalue weighted by Gasteiger charge is 2.53. The van der Waals surface area contributed by atoms with Crippen molar-refractivity contribution < 1.29 is 37.3 Å². The molecule has 1 aromatic rings. The lowest BCUT2D eigenvalue weighted by Crippen LogP contribution is -2.39. The van der Waals surface area contributed by atoms with E-state index in [0.717, 1.165) is 4.90 Å². The average molecular weight is 376 g/mol. The van der Waals surface area contributed by atoms with Gasteiger partial charge in [-0.3, -0.25) is 4.79 Å². The van der Waals surface area contributed by atoms with E-state index in [9.17, 15) is 22.8 Å². The topological polar surface area (TPSA) is 88.1 Å². The molecule has 144 valence electrons. The van der Waals surface area contributed by atoms with Crippen LogP contribution in [0.15, 0.2) is 18.2 Å². The number of amides is 2. The molecule has 1 aliphatic heterocycles. The molecule has 1 fully saturated rings. The van der Waals surface area contributed by atoms with Gasteiger partial charge in [-0.25, -0.2) is 4.79 Å². The Bertz CT molecular complexity index is 680. The Morgan fingerprint density at radius 3 is 2.46 bits per heavy atom. The van der Waals surface area contributed by atoms with Crippen molar-refractivity contribution in [1.82, 2.24) is 10.2 Å². The maximum Gasteiger partial charge on any atom is 0.394 e. The second kappa shape index (κ2) is 7.71. The van der Waals surface area contributed by atoms with E-state index < -0.39 is 43.1 Å². The van der Waals surface area contributed by atoms with Crippen molar-refractivity contribution >= 4 is 12.0 Å². The molecule has 0 radical (unpaired) electrons. The number of hydrogen-bond acceptors (Lipinski definition) is 4. The molecule has 2 N–H and O–H groups in total. The minimum atomic E-state index is -4.69. The van der Waals surface area contributed by atoms with Crippen LogP contribution in [0.4, 0.5) is 18.0 Å². The van der Waals surface area contributed by atoms with Crippen LogP contribution in [-0.2, 0) is 11.3 Å². The molecule has 0 bridgehead atoms. The number of rotatable bonds is 5. The van der Waals surface area contributed by atoms with Crippen molar-refractivity contribution in [3.05, 3.63) is 23.8 Å². The molecule has 2 rings (SSSR count).